The van der Waals surface area contributed by atoms with Crippen LogP contribution in [-0.4, -0.2) is 26.8 Å². The summed E-state index contributed by atoms with van der Waals surface area (Å²) in [4.78, 5) is 15.1. The Hall–Kier alpha value is -2.85. The van der Waals surface area contributed by atoms with Gasteiger partial charge in [0, 0.05) is 17.6 Å². The molecule has 0 radical (unpaired) electrons. The van der Waals surface area contributed by atoms with E-state index in [1.165, 1.54) is 36.3 Å². The molecule has 0 atom stereocenters. The number of nitrogens with zero attached hydrogens (tertiary/aromatic N) is 4. The van der Waals surface area contributed by atoms with Gasteiger partial charge in [0.15, 0.2) is 5.82 Å². The zero-order chi connectivity index (χ0) is 20.3. The minimum absolute atomic E-state index is 0.0778. The van der Waals surface area contributed by atoms with Crippen LogP contribution < -0.4 is 4.74 Å². The predicted molar refractivity (Wildman–Crippen MR) is 102 cm³/mol. The van der Waals surface area contributed by atoms with Crippen LogP contribution in [0.15, 0.2) is 41.1 Å². The van der Waals surface area contributed by atoms with Crippen LogP contribution in [0.2, 0.25) is 0 Å². The summed E-state index contributed by atoms with van der Waals surface area (Å²) in [6.07, 6.45) is 1.49. The van der Waals surface area contributed by atoms with Crippen molar-refractivity contribution in [1.82, 2.24) is 14.8 Å². The van der Waals surface area contributed by atoms with Crippen LogP contribution in [0, 0.1) is 15.9 Å². The SMILES string of the molecule is COc1c(-c2ncn(C)n2)cc(COCc2cc(F)cc(Br)c2)cc1[N+](=O)[O-]. The minimum Gasteiger partial charge on any atom is -0.490 e. The van der Waals surface area contributed by atoms with Crippen LogP contribution in [0.5, 0.6) is 5.75 Å². The van der Waals surface area contributed by atoms with Crippen molar-refractivity contribution in [3.63, 3.8) is 0 Å². The standard InChI is InChI=1S/C18H16BrFN4O4/c1-23-10-21-18(22-23)15-5-12(6-16(24(25)26)17(15)27-2)9-28-8-11-3-13(19)7-14(20)4-11/h3-7,10H,8-9H2,1-2H3. The number of halogens is 2. The number of hydrogen-bond donors (Lipinski definition) is 0. The van der Waals surface area contributed by atoms with E-state index in [9.17, 15) is 14.5 Å². The van der Waals surface area contributed by atoms with E-state index in [1.54, 1.807) is 19.2 Å². The molecule has 2 aromatic carbocycles. The summed E-state index contributed by atoms with van der Waals surface area (Å²) in [7, 11) is 3.05. The first kappa shape index (κ1) is 19.9. The first-order chi connectivity index (χ1) is 13.4. The Bertz CT molecular complexity index is 1000. The van der Waals surface area contributed by atoms with E-state index in [0.717, 1.165) is 0 Å². The summed E-state index contributed by atoms with van der Waals surface area (Å²) < 4.78 is 26.4. The number of aryl methyl sites for hydroxylation is 1. The largest absolute Gasteiger partial charge is 0.490 e. The molecule has 0 saturated carbocycles. The highest BCUT2D eigenvalue weighted by Crippen LogP contribution is 2.37. The number of methoxy groups -OCH3 is 1. The number of nitro groups is 1. The van der Waals surface area contributed by atoms with Crippen molar-refractivity contribution in [3.8, 4) is 17.1 Å². The maximum atomic E-state index is 13.5. The lowest BCUT2D eigenvalue weighted by Crippen LogP contribution is -2.01. The van der Waals surface area contributed by atoms with Crippen molar-refractivity contribution in [2.75, 3.05) is 7.11 Å². The van der Waals surface area contributed by atoms with Gasteiger partial charge in [-0.1, -0.05) is 15.9 Å². The summed E-state index contributed by atoms with van der Waals surface area (Å²) in [5.41, 5.74) is 1.37. The van der Waals surface area contributed by atoms with Gasteiger partial charge in [0.1, 0.15) is 12.1 Å². The molecule has 3 aromatic rings. The van der Waals surface area contributed by atoms with Gasteiger partial charge in [0.05, 0.1) is 30.8 Å². The van der Waals surface area contributed by atoms with Crippen molar-refractivity contribution < 1.29 is 18.8 Å². The molecule has 0 amide bonds. The summed E-state index contributed by atoms with van der Waals surface area (Å²) in [5, 5.41) is 15.7. The minimum atomic E-state index is -0.529. The van der Waals surface area contributed by atoms with Crippen molar-refractivity contribution in [1.29, 1.82) is 0 Å². The molecule has 3 rings (SSSR count). The quantitative estimate of drug-likeness (QED) is 0.398. The monoisotopic (exact) mass is 450 g/mol. The Labute approximate surface area is 168 Å². The highest BCUT2D eigenvalue weighted by atomic mass is 79.9. The van der Waals surface area contributed by atoms with Crippen LogP contribution in [0.3, 0.4) is 0 Å². The van der Waals surface area contributed by atoms with Gasteiger partial charge in [-0.3, -0.25) is 14.8 Å². The second-order valence-corrected chi connectivity index (χ2v) is 6.88. The molecule has 0 aliphatic heterocycles. The van der Waals surface area contributed by atoms with Crippen LogP contribution in [0.1, 0.15) is 11.1 Å². The second kappa shape index (κ2) is 8.44. The molecule has 1 heterocycles. The third-order valence-corrected chi connectivity index (χ3v) is 4.29. The average Bonchev–Trinajstić information content (AvgIpc) is 3.06. The molecule has 0 N–H and O–H groups in total. The Balaban J connectivity index is 1.88. The lowest BCUT2D eigenvalue weighted by molar-refractivity contribution is -0.385. The van der Waals surface area contributed by atoms with E-state index in [2.05, 4.69) is 26.0 Å². The fraction of sp³-hybridized carbons (Fsp3) is 0.222. The maximum Gasteiger partial charge on any atom is 0.312 e. The molecule has 0 saturated heterocycles. The first-order valence-corrected chi connectivity index (χ1v) is 8.90. The van der Waals surface area contributed by atoms with Crippen molar-refractivity contribution in [2.24, 2.45) is 7.05 Å². The van der Waals surface area contributed by atoms with Crippen LogP contribution >= 0.6 is 15.9 Å². The Kier molecular flexibility index (Phi) is 6.00. The zero-order valence-electron chi connectivity index (χ0n) is 15.1. The number of benzene rings is 2. The molecule has 10 heteroatoms. The van der Waals surface area contributed by atoms with Crippen molar-refractivity contribution in [3.05, 3.63) is 68.2 Å². The van der Waals surface area contributed by atoms with Crippen molar-refractivity contribution in [2.45, 2.75) is 13.2 Å². The van der Waals surface area contributed by atoms with E-state index < -0.39 is 4.92 Å². The third kappa shape index (κ3) is 4.52. The van der Waals surface area contributed by atoms with Gasteiger partial charge in [-0.25, -0.2) is 9.37 Å². The van der Waals surface area contributed by atoms with E-state index >= 15 is 0 Å². The lowest BCUT2D eigenvalue weighted by Gasteiger charge is -2.10. The van der Waals surface area contributed by atoms with E-state index in [4.69, 9.17) is 9.47 Å². The van der Waals surface area contributed by atoms with Gasteiger partial charge in [0.25, 0.3) is 0 Å². The lowest BCUT2D eigenvalue weighted by atomic mass is 10.1. The normalized spacial score (nSPS) is 10.9. The maximum absolute atomic E-state index is 13.5. The molecule has 0 spiro atoms. The van der Waals surface area contributed by atoms with Gasteiger partial charge < -0.3 is 9.47 Å². The summed E-state index contributed by atoms with van der Waals surface area (Å²) in [6, 6.07) is 7.52. The van der Waals surface area contributed by atoms with Crippen LogP contribution in [-0.2, 0) is 25.0 Å². The zero-order valence-corrected chi connectivity index (χ0v) is 16.6. The fourth-order valence-electron chi connectivity index (χ4n) is 2.72. The Morgan fingerprint density at radius 2 is 1.93 bits per heavy atom. The van der Waals surface area contributed by atoms with Crippen LogP contribution in [0.4, 0.5) is 10.1 Å². The van der Waals surface area contributed by atoms with Gasteiger partial charge >= 0.3 is 5.69 Å². The topological polar surface area (TPSA) is 92.3 Å². The van der Waals surface area contributed by atoms with E-state index in [0.29, 0.717) is 27.0 Å². The first-order valence-electron chi connectivity index (χ1n) is 8.11. The molecule has 8 nitrogen and oxygen atoms in total. The third-order valence-electron chi connectivity index (χ3n) is 3.83. The molecule has 0 aliphatic carbocycles. The molecule has 28 heavy (non-hydrogen) atoms. The molecule has 0 bridgehead atoms. The number of rotatable bonds is 7. The van der Waals surface area contributed by atoms with E-state index in [-0.39, 0.29) is 30.5 Å². The van der Waals surface area contributed by atoms with Crippen LogP contribution in [0.25, 0.3) is 11.4 Å². The number of ether oxygens (including phenoxy) is 2. The Morgan fingerprint density at radius 1 is 1.21 bits per heavy atom. The summed E-state index contributed by atoms with van der Waals surface area (Å²) in [6.45, 7) is 0.228. The predicted octanol–water partition coefficient (Wildman–Crippen LogP) is 4.02. The Morgan fingerprint density at radius 3 is 2.50 bits per heavy atom. The molecular weight excluding hydrogens is 435 g/mol. The number of nitro benzene ring substituents is 1. The highest BCUT2D eigenvalue weighted by Gasteiger charge is 2.23. The molecule has 0 fully saturated rings. The summed E-state index contributed by atoms with van der Waals surface area (Å²) >= 11 is 3.23. The van der Waals surface area contributed by atoms with E-state index in [1.807, 2.05) is 0 Å². The second-order valence-electron chi connectivity index (χ2n) is 5.97. The number of aromatic nitrogens is 3. The van der Waals surface area contributed by atoms with Gasteiger partial charge in [0.2, 0.25) is 5.75 Å². The summed E-state index contributed by atoms with van der Waals surface area (Å²) in [5.74, 6) is 0.00365. The molecule has 0 aliphatic rings. The van der Waals surface area contributed by atoms with Gasteiger partial charge in [-0.05, 0) is 35.4 Å². The molecular formula is C18H16BrFN4O4. The van der Waals surface area contributed by atoms with Crippen molar-refractivity contribution >= 4 is 21.6 Å². The van der Waals surface area contributed by atoms with Gasteiger partial charge in [-0.15, -0.1) is 0 Å². The fourth-order valence-corrected chi connectivity index (χ4v) is 3.23. The highest BCUT2D eigenvalue weighted by molar-refractivity contribution is 9.10. The van der Waals surface area contributed by atoms with Gasteiger partial charge in [-0.2, -0.15) is 5.10 Å². The molecule has 1 aromatic heterocycles. The number of hydrogen-bond acceptors (Lipinski definition) is 6. The molecule has 146 valence electrons. The smallest absolute Gasteiger partial charge is 0.312 e. The average molecular weight is 451 g/mol. The molecule has 0 unspecified atom stereocenters.